The van der Waals surface area contributed by atoms with Crippen molar-refractivity contribution in [3.05, 3.63) is 29.8 Å². The molecule has 5 nitrogen and oxygen atoms in total. The summed E-state index contributed by atoms with van der Waals surface area (Å²) in [5.74, 6) is -0.0442. The fraction of sp³-hybridized carbons (Fsp3) is 0.571. The topological polar surface area (TPSA) is 78.6 Å². The lowest BCUT2D eigenvalue weighted by Crippen LogP contribution is -2.21. The van der Waals surface area contributed by atoms with Gasteiger partial charge in [-0.2, -0.15) is 0 Å². The first kappa shape index (κ1) is 17.1. The van der Waals surface area contributed by atoms with Crippen LogP contribution in [0, 0.1) is 0 Å². The molecule has 0 fully saturated rings. The van der Waals surface area contributed by atoms with E-state index < -0.39 is 9.84 Å². The SMILES string of the molecule is CCOCC(C)OCCS(=O)(=O)c1cccc(CN)c1. The Morgan fingerprint density at radius 1 is 1.35 bits per heavy atom. The summed E-state index contributed by atoms with van der Waals surface area (Å²) in [6, 6.07) is 6.70. The molecule has 1 unspecified atom stereocenters. The molecule has 0 aliphatic heterocycles. The van der Waals surface area contributed by atoms with Gasteiger partial charge < -0.3 is 15.2 Å². The Bertz CT molecular complexity index is 502. The molecule has 2 N–H and O–H groups in total. The summed E-state index contributed by atoms with van der Waals surface area (Å²) in [5.41, 5.74) is 6.32. The molecule has 1 rings (SSSR count). The van der Waals surface area contributed by atoms with E-state index in [2.05, 4.69) is 0 Å². The molecule has 114 valence electrons. The minimum atomic E-state index is -3.33. The number of hydrogen-bond donors (Lipinski definition) is 1. The molecule has 1 aromatic rings. The molecule has 20 heavy (non-hydrogen) atoms. The normalized spacial score (nSPS) is 13.3. The average Bonchev–Trinajstić information content (AvgIpc) is 2.45. The predicted octanol–water partition coefficient (Wildman–Crippen LogP) is 1.36. The Labute approximate surface area is 121 Å². The molecule has 0 saturated heterocycles. The number of rotatable bonds is 9. The van der Waals surface area contributed by atoms with Crippen molar-refractivity contribution in [1.82, 2.24) is 0 Å². The summed E-state index contributed by atoms with van der Waals surface area (Å²) in [6.45, 7) is 5.34. The largest absolute Gasteiger partial charge is 0.379 e. The molecule has 0 aliphatic rings. The van der Waals surface area contributed by atoms with E-state index in [1.807, 2.05) is 13.8 Å². The van der Waals surface area contributed by atoms with Crippen LogP contribution in [0.4, 0.5) is 0 Å². The summed E-state index contributed by atoms with van der Waals surface area (Å²) in [6.07, 6.45) is -0.111. The van der Waals surface area contributed by atoms with E-state index in [0.29, 0.717) is 24.7 Å². The van der Waals surface area contributed by atoms with E-state index in [9.17, 15) is 8.42 Å². The molecular formula is C14H23NO4S. The van der Waals surface area contributed by atoms with Gasteiger partial charge in [-0.05, 0) is 31.5 Å². The molecule has 0 aromatic heterocycles. The first-order valence-corrected chi connectivity index (χ1v) is 8.36. The van der Waals surface area contributed by atoms with Crippen LogP contribution in [0.1, 0.15) is 19.4 Å². The van der Waals surface area contributed by atoms with Crippen molar-refractivity contribution in [2.45, 2.75) is 31.4 Å². The Morgan fingerprint density at radius 3 is 2.75 bits per heavy atom. The second-order valence-corrected chi connectivity index (χ2v) is 6.62. The molecule has 0 spiro atoms. The van der Waals surface area contributed by atoms with Crippen molar-refractivity contribution in [3.63, 3.8) is 0 Å². The first-order chi connectivity index (χ1) is 9.49. The van der Waals surface area contributed by atoms with Gasteiger partial charge in [0.05, 0.1) is 30.0 Å². The van der Waals surface area contributed by atoms with Crippen molar-refractivity contribution < 1.29 is 17.9 Å². The fourth-order valence-corrected chi connectivity index (χ4v) is 2.84. The Hall–Kier alpha value is -0.950. The number of hydrogen-bond acceptors (Lipinski definition) is 5. The zero-order chi connectivity index (χ0) is 15.0. The zero-order valence-corrected chi connectivity index (χ0v) is 12.9. The van der Waals surface area contributed by atoms with Gasteiger partial charge >= 0.3 is 0 Å². The summed E-state index contributed by atoms with van der Waals surface area (Å²) in [5, 5.41) is 0. The highest BCUT2D eigenvalue weighted by Crippen LogP contribution is 2.13. The van der Waals surface area contributed by atoms with E-state index in [0.717, 1.165) is 5.56 Å². The Balaban J connectivity index is 2.53. The lowest BCUT2D eigenvalue weighted by atomic mass is 10.2. The van der Waals surface area contributed by atoms with Crippen molar-refractivity contribution in [2.24, 2.45) is 5.73 Å². The Morgan fingerprint density at radius 2 is 2.10 bits per heavy atom. The smallest absolute Gasteiger partial charge is 0.180 e. The van der Waals surface area contributed by atoms with E-state index in [4.69, 9.17) is 15.2 Å². The van der Waals surface area contributed by atoms with Gasteiger partial charge in [0.25, 0.3) is 0 Å². The van der Waals surface area contributed by atoms with Crippen LogP contribution in [-0.2, 0) is 25.9 Å². The van der Waals surface area contributed by atoms with Gasteiger partial charge in [0.1, 0.15) is 0 Å². The van der Waals surface area contributed by atoms with Gasteiger partial charge in [0.15, 0.2) is 9.84 Å². The molecule has 0 radical (unpaired) electrons. The standard InChI is InChI=1S/C14H23NO4S/c1-3-18-11-12(2)19-7-8-20(16,17)14-6-4-5-13(9-14)10-15/h4-6,9,12H,3,7-8,10-11,15H2,1-2H3. The summed E-state index contributed by atoms with van der Waals surface area (Å²) in [7, 11) is -3.33. The van der Waals surface area contributed by atoms with Crippen LogP contribution in [-0.4, -0.2) is 40.1 Å². The van der Waals surface area contributed by atoms with Crippen LogP contribution >= 0.6 is 0 Å². The number of nitrogens with two attached hydrogens (primary N) is 1. The highest BCUT2D eigenvalue weighted by molar-refractivity contribution is 7.91. The lowest BCUT2D eigenvalue weighted by Gasteiger charge is -2.13. The van der Waals surface area contributed by atoms with Crippen molar-refractivity contribution in [1.29, 1.82) is 0 Å². The van der Waals surface area contributed by atoms with Crippen LogP contribution in [0.15, 0.2) is 29.2 Å². The van der Waals surface area contributed by atoms with Crippen LogP contribution in [0.25, 0.3) is 0 Å². The summed E-state index contributed by atoms with van der Waals surface area (Å²) < 4.78 is 34.9. The molecule has 0 bridgehead atoms. The van der Waals surface area contributed by atoms with Crippen molar-refractivity contribution >= 4 is 9.84 Å². The summed E-state index contributed by atoms with van der Waals surface area (Å²) in [4.78, 5) is 0.293. The van der Waals surface area contributed by atoms with Crippen LogP contribution in [0.3, 0.4) is 0 Å². The molecule has 1 atom stereocenters. The number of sulfone groups is 1. The van der Waals surface area contributed by atoms with Crippen LogP contribution < -0.4 is 5.73 Å². The first-order valence-electron chi connectivity index (χ1n) is 6.70. The van der Waals surface area contributed by atoms with E-state index in [1.54, 1.807) is 24.3 Å². The van der Waals surface area contributed by atoms with Gasteiger partial charge in [0, 0.05) is 13.2 Å². The van der Waals surface area contributed by atoms with Gasteiger partial charge in [-0.25, -0.2) is 8.42 Å². The minimum absolute atomic E-state index is 0.0442. The fourth-order valence-electron chi connectivity index (χ4n) is 1.67. The second kappa shape index (κ2) is 8.36. The second-order valence-electron chi connectivity index (χ2n) is 4.51. The molecule has 0 amide bonds. The quantitative estimate of drug-likeness (QED) is 0.745. The zero-order valence-electron chi connectivity index (χ0n) is 12.0. The van der Waals surface area contributed by atoms with Gasteiger partial charge in [-0.3, -0.25) is 0 Å². The molecule has 0 heterocycles. The van der Waals surface area contributed by atoms with Crippen LogP contribution in [0.2, 0.25) is 0 Å². The number of benzene rings is 1. The van der Waals surface area contributed by atoms with Crippen LogP contribution in [0.5, 0.6) is 0 Å². The maximum absolute atomic E-state index is 12.1. The minimum Gasteiger partial charge on any atom is -0.379 e. The van der Waals surface area contributed by atoms with E-state index in [-0.39, 0.29) is 18.5 Å². The molecule has 6 heteroatoms. The predicted molar refractivity (Wildman–Crippen MR) is 78.3 cm³/mol. The average molecular weight is 301 g/mol. The van der Waals surface area contributed by atoms with Crippen molar-refractivity contribution in [3.8, 4) is 0 Å². The maximum Gasteiger partial charge on any atom is 0.180 e. The lowest BCUT2D eigenvalue weighted by molar-refractivity contribution is 0.00288. The molecule has 1 aromatic carbocycles. The van der Waals surface area contributed by atoms with E-state index in [1.165, 1.54) is 0 Å². The van der Waals surface area contributed by atoms with Gasteiger partial charge in [-0.1, -0.05) is 12.1 Å². The van der Waals surface area contributed by atoms with E-state index >= 15 is 0 Å². The van der Waals surface area contributed by atoms with Crippen molar-refractivity contribution in [2.75, 3.05) is 25.6 Å². The molecular weight excluding hydrogens is 278 g/mol. The highest BCUT2D eigenvalue weighted by atomic mass is 32.2. The molecule has 0 aliphatic carbocycles. The van der Waals surface area contributed by atoms with Gasteiger partial charge in [-0.15, -0.1) is 0 Å². The summed E-state index contributed by atoms with van der Waals surface area (Å²) >= 11 is 0. The Kier molecular flexibility index (Phi) is 7.15. The monoisotopic (exact) mass is 301 g/mol. The maximum atomic E-state index is 12.1. The molecule has 0 saturated carbocycles. The number of ether oxygens (including phenoxy) is 2. The third-order valence-corrected chi connectivity index (χ3v) is 4.48. The van der Waals surface area contributed by atoms with Gasteiger partial charge in [0.2, 0.25) is 0 Å². The third-order valence-electron chi connectivity index (χ3n) is 2.80. The highest BCUT2D eigenvalue weighted by Gasteiger charge is 2.15. The third kappa shape index (κ3) is 5.58.